The monoisotopic (exact) mass is 329 g/mol. The van der Waals surface area contributed by atoms with Gasteiger partial charge in [-0.1, -0.05) is 42.8 Å². The van der Waals surface area contributed by atoms with E-state index in [-0.39, 0.29) is 42.0 Å². The van der Waals surface area contributed by atoms with Crippen LogP contribution in [0.15, 0.2) is 29.3 Å². The van der Waals surface area contributed by atoms with E-state index in [1.807, 2.05) is 24.5 Å². The average Bonchev–Trinajstić information content (AvgIpc) is 2.44. The van der Waals surface area contributed by atoms with Gasteiger partial charge in [-0.3, -0.25) is 0 Å². The second-order valence-corrected chi connectivity index (χ2v) is 5.64. The van der Waals surface area contributed by atoms with Crippen LogP contribution in [0.5, 0.6) is 0 Å². The van der Waals surface area contributed by atoms with Crippen LogP contribution in [-0.4, -0.2) is 31.8 Å². The number of hydrogen-bond acceptors (Lipinski definition) is 3. The maximum atomic E-state index is 10.3. The largest absolute Gasteiger partial charge is 1.00 e. The molecule has 2 aliphatic rings. The van der Waals surface area contributed by atoms with Crippen LogP contribution in [0, 0.1) is 0 Å². The molecule has 1 saturated carbocycles. The van der Waals surface area contributed by atoms with Crippen LogP contribution in [0.3, 0.4) is 0 Å². The normalized spacial score (nSPS) is 21.9. The number of nitrogens with zero attached hydrogens (tertiary/aromatic N) is 1. The van der Waals surface area contributed by atoms with E-state index >= 15 is 0 Å². The first-order valence-electron chi connectivity index (χ1n) is 7.53. The summed E-state index contributed by atoms with van der Waals surface area (Å²) in [6.45, 7) is 2.15. The van der Waals surface area contributed by atoms with E-state index in [1.54, 1.807) is 0 Å². The summed E-state index contributed by atoms with van der Waals surface area (Å²) in [7, 11) is 0. The van der Waals surface area contributed by atoms with Gasteiger partial charge >= 0.3 is 29.6 Å². The third-order valence-electron chi connectivity index (χ3n) is 3.78. The summed E-state index contributed by atoms with van der Waals surface area (Å²) in [5.41, 5.74) is 2.24. The van der Waals surface area contributed by atoms with Crippen molar-refractivity contribution in [2.45, 2.75) is 38.0 Å². The van der Waals surface area contributed by atoms with Crippen molar-refractivity contribution >= 4 is 23.6 Å². The molecule has 1 aliphatic heterocycles. The molecule has 0 amide bonds. The molecule has 3 rings (SSSR count). The number of hydrogen-bond donors (Lipinski definition) is 0. The van der Waals surface area contributed by atoms with Crippen molar-refractivity contribution in [2.24, 2.45) is 4.99 Å². The summed E-state index contributed by atoms with van der Waals surface area (Å²) in [5, 5.41) is 0.794. The Morgan fingerprint density at radius 2 is 1.91 bits per heavy atom. The molecule has 5 heteroatoms. The van der Waals surface area contributed by atoms with Crippen LogP contribution < -0.4 is 29.6 Å². The molecule has 1 atom stereocenters. The number of halogens is 1. The van der Waals surface area contributed by atoms with Crippen molar-refractivity contribution in [3.63, 3.8) is 0 Å². The molecule has 1 aromatic rings. The van der Waals surface area contributed by atoms with Crippen molar-refractivity contribution in [1.82, 2.24) is 0 Å². The molecular weight excluding hydrogens is 309 g/mol. The fourth-order valence-corrected chi connectivity index (χ4v) is 2.82. The minimum absolute atomic E-state index is 0. The molecule has 1 saturated heterocycles. The summed E-state index contributed by atoms with van der Waals surface area (Å²) in [6.07, 6.45) is 7.50. The van der Waals surface area contributed by atoms with E-state index in [2.05, 4.69) is 11.1 Å². The van der Waals surface area contributed by atoms with Crippen LogP contribution in [0.4, 0.5) is 0 Å². The second kappa shape index (κ2) is 11.4. The van der Waals surface area contributed by atoms with Gasteiger partial charge in [0.15, 0.2) is 0 Å². The Morgan fingerprint density at radius 3 is 2.50 bits per heavy atom. The zero-order valence-corrected chi connectivity index (χ0v) is 15.9. The SMILES string of the molecule is C1COC1.O=[C-]CN=C1CCCCC1c1ccccc1Cl.[Na+]. The van der Waals surface area contributed by atoms with Gasteiger partial charge in [0.05, 0.1) is 0 Å². The van der Waals surface area contributed by atoms with Gasteiger partial charge in [0.2, 0.25) is 0 Å². The van der Waals surface area contributed by atoms with Gasteiger partial charge in [0.1, 0.15) is 0 Å². The first-order chi connectivity index (χ1) is 10.3. The molecule has 1 unspecified atom stereocenters. The van der Waals surface area contributed by atoms with E-state index in [0.717, 1.165) is 48.8 Å². The van der Waals surface area contributed by atoms with Crippen molar-refractivity contribution < 1.29 is 39.1 Å². The number of ether oxygens (including phenoxy) is 1. The quantitative estimate of drug-likeness (QED) is 0.612. The number of aliphatic imine (C=N–C) groups is 1. The fraction of sp³-hybridized carbons (Fsp3) is 0.529. The summed E-state index contributed by atoms with van der Waals surface area (Å²) in [5.74, 6) is 0.283. The Balaban J connectivity index is 0.000000420. The molecule has 0 bridgehead atoms. The van der Waals surface area contributed by atoms with E-state index in [4.69, 9.17) is 16.3 Å². The van der Waals surface area contributed by atoms with Gasteiger partial charge in [0.25, 0.3) is 0 Å². The van der Waals surface area contributed by atoms with Gasteiger partial charge in [0, 0.05) is 29.9 Å². The molecule has 1 aromatic carbocycles. The van der Waals surface area contributed by atoms with Gasteiger partial charge in [-0.05, 0) is 37.3 Å². The van der Waals surface area contributed by atoms with E-state index in [0.29, 0.717) is 0 Å². The standard InChI is InChI=1S/C14H15ClNO.C3H6O.Na/c15-13-7-3-1-5-11(13)12-6-2-4-8-14(12)16-9-10-17;1-2-4-3-1;/h1,3,5,7,12H,2,4,6,8-9H2;1-3H2;/q-1;;+1. The van der Waals surface area contributed by atoms with Gasteiger partial charge in [-0.15, -0.1) is 0 Å². The fourth-order valence-electron chi connectivity index (χ4n) is 2.56. The molecular formula is C17H21ClNNaO2. The van der Waals surface area contributed by atoms with Crippen LogP contribution in [0.1, 0.15) is 43.6 Å². The summed E-state index contributed by atoms with van der Waals surface area (Å²) in [6, 6.07) is 7.90. The van der Waals surface area contributed by atoms with E-state index in [9.17, 15) is 4.79 Å². The molecule has 2 fully saturated rings. The van der Waals surface area contributed by atoms with E-state index < -0.39 is 0 Å². The number of benzene rings is 1. The predicted octanol–water partition coefficient (Wildman–Crippen LogP) is 0.959. The smallest absolute Gasteiger partial charge is 0.540 e. The summed E-state index contributed by atoms with van der Waals surface area (Å²) in [4.78, 5) is 14.6. The third kappa shape index (κ3) is 6.13. The molecule has 22 heavy (non-hydrogen) atoms. The second-order valence-electron chi connectivity index (χ2n) is 5.24. The topological polar surface area (TPSA) is 38.7 Å². The van der Waals surface area contributed by atoms with Gasteiger partial charge < -0.3 is 14.5 Å². The molecule has 1 heterocycles. The van der Waals surface area contributed by atoms with Crippen molar-refractivity contribution in [1.29, 1.82) is 0 Å². The summed E-state index contributed by atoms with van der Waals surface area (Å²) < 4.78 is 4.72. The zero-order chi connectivity index (χ0) is 14.9. The molecule has 0 spiro atoms. The Morgan fingerprint density at radius 1 is 1.23 bits per heavy atom. The molecule has 0 N–H and O–H groups in total. The summed E-state index contributed by atoms with van der Waals surface area (Å²) >= 11 is 6.22. The van der Waals surface area contributed by atoms with Crippen molar-refractivity contribution in [3.8, 4) is 0 Å². The molecule has 0 radical (unpaired) electrons. The van der Waals surface area contributed by atoms with Crippen LogP contribution >= 0.6 is 11.6 Å². The zero-order valence-electron chi connectivity index (χ0n) is 13.2. The van der Waals surface area contributed by atoms with Crippen molar-refractivity contribution in [3.05, 3.63) is 34.9 Å². The van der Waals surface area contributed by atoms with E-state index in [1.165, 1.54) is 12.8 Å². The number of rotatable bonds is 3. The Kier molecular flexibility index (Phi) is 10.3. The number of carbonyl (C=O) groups excluding carboxylic acids is 1. The Labute approximate surface area is 159 Å². The van der Waals surface area contributed by atoms with Gasteiger partial charge in [-0.25, -0.2) is 6.29 Å². The Hall–Kier alpha value is -0.190. The predicted molar refractivity (Wildman–Crippen MR) is 86.1 cm³/mol. The van der Waals surface area contributed by atoms with Crippen LogP contribution in [0.2, 0.25) is 5.02 Å². The average molecular weight is 330 g/mol. The first kappa shape index (κ1) is 19.9. The molecule has 3 nitrogen and oxygen atoms in total. The molecule has 114 valence electrons. The van der Waals surface area contributed by atoms with Crippen LogP contribution in [0.25, 0.3) is 0 Å². The Bertz CT molecular complexity index is 485. The maximum Gasteiger partial charge on any atom is 1.00 e. The molecule has 1 aliphatic carbocycles. The van der Waals surface area contributed by atoms with Gasteiger partial charge in [-0.2, -0.15) is 0 Å². The minimum atomic E-state index is 0. The first-order valence-corrected chi connectivity index (χ1v) is 7.91. The third-order valence-corrected chi connectivity index (χ3v) is 4.13. The minimum Gasteiger partial charge on any atom is -0.540 e. The maximum absolute atomic E-state index is 10.3. The van der Waals surface area contributed by atoms with Crippen LogP contribution in [-0.2, 0) is 9.53 Å². The van der Waals surface area contributed by atoms with Crippen molar-refractivity contribution in [2.75, 3.05) is 19.8 Å². The molecule has 0 aromatic heterocycles.